The van der Waals surface area contributed by atoms with Gasteiger partial charge < -0.3 is 10.0 Å². The molecule has 0 aromatic carbocycles. The van der Waals surface area contributed by atoms with Crippen molar-refractivity contribution in [3.63, 3.8) is 0 Å². The van der Waals surface area contributed by atoms with Crippen LogP contribution in [0.2, 0.25) is 0 Å². The predicted octanol–water partition coefficient (Wildman–Crippen LogP) is 0.877. The number of aromatic carboxylic acids is 1. The zero-order valence-electron chi connectivity index (χ0n) is 10.6. The minimum Gasteiger partial charge on any atom is -0.478 e. The fourth-order valence-electron chi connectivity index (χ4n) is 2.30. The first-order valence-electron chi connectivity index (χ1n) is 6.03. The molecular formula is C12H17N3O3. The molecular weight excluding hydrogens is 234 g/mol. The maximum atomic E-state index is 12.0. The molecule has 6 heteroatoms. The van der Waals surface area contributed by atoms with Crippen molar-refractivity contribution in [1.29, 1.82) is 0 Å². The van der Waals surface area contributed by atoms with E-state index in [1.165, 1.54) is 10.9 Å². The quantitative estimate of drug-likeness (QED) is 0.865. The summed E-state index contributed by atoms with van der Waals surface area (Å²) in [5.74, 6) is -0.880. The van der Waals surface area contributed by atoms with Crippen molar-refractivity contribution >= 4 is 11.9 Å². The van der Waals surface area contributed by atoms with Crippen LogP contribution in [0.15, 0.2) is 6.20 Å². The number of aromatic nitrogens is 2. The lowest BCUT2D eigenvalue weighted by molar-refractivity contribution is -0.138. The maximum Gasteiger partial charge on any atom is 0.339 e. The predicted molar refractivity (Wildman–Crippen MR) is 64.0 cm³/mol. The van der Waals surface area contributed by atoms with E-state index in [4.69, 9.17) is 5.11 Å². The van der Waals surface area contributed by atoms with Gasteiger partial charge in [-0.2, -0.15) is 5.10 Å². The second-order valence-electron chi connectivity index (χ2n) is 4.74. The number of amides is 1. The standard InChI is InChI=1S/C12H17N3O3/c1-8-4-3-5-15(11(8)16)7-10-9(12(17)18)6-13-14(10)2/h6,8H,3-5,7H2,1-2H3,(H,17,18). The van der Waals surface area contributed by atoms with Crippen LogP contribution in [0.3, 0.4) is 0 Å². The molecule has 1 aromatic rings. The summed E-state index contributed by atoms with van der Waals surface area (Å²) in [6.45, 7) is 2.92. The van der Waals surface area contributed by atoms with Crippen molar-refractivity contribution < 1.29 is 14.7 Å². The summed E-state index contributed by atoms with van der Waals surface area (Å²) in [5.41, 5.74) is 0.744. The Balaban J connectivity index is 2.21. The zero-order chi connectivity index (χ0) is 13.3. The molecule has 1 unspecified atom stereocenters. The van der Waals surface area contributed by atoms with E-state index in [-0.39, 0.29) is 17.4 Å². The number of nitrogens with zero attached hydrogens (tertiary/aromatic N) is 3. The Morgan fingerprint density at radius 1 is 1.61 bits per heavy atom. The van der Waals surface area contributed by atoms with Crippen molar-refractivity contribution in [2.45, 2.75) is 26.3 Å². The molecule has 0 bridgehead atoms. The SMILES string of the molecule is CC1CCCN(Cc2c(C(=O)O)cnn2C)C1=O. The number of likely N-dealkylation sites (tertiary alicyclic amines) is 1. The van der Waals surface area contributed by atoms with Crippen LogP contribution in [-0.4, -0.2) is 38.2 Å². The third kappa shape index (κ3) is 2.23. The molecule has 2 heterocycles. The van der Waals surface area contributed by atoms with Crippen LogP contribution in [0, 0.1) is 5.92 Å². The second kappa shape index (κ2) is 4.80. The van der Waals surface area contributed by atoms with E-state index >= 15 is 0 Å². The molecule has 0 spiro atoms. The van der Waals surface area contributed by atoms with Gasteiger partial charge in [0.1, 0.15) is 5.56 Å². The molecule has 1 amide bonds. The van der Waals surface area contributed by atoms with E-state index in [0.717, 1.165) is 12.8 Å². The minimum atomic E-state index is -1.00. The molecule has 1 aliphatic heterocycles. The van der Waals surface area contributed by atoms with Gasteiger partial charge in [0.15, 0.2) is 0 Å². The zero-order valence-corrected chi connectivity index (χ0v) is 10.6. The number of aryl methyl sites for hydroxylation is 1. The largest absolute Gasteiger partial charge is 0.478 e. The minimum absolute atomic E-state index is 0.0280. The van der Waals surface area contributed by atoms with Gasteiger partial charge in [-0.1, -0.05) is 6.92 Å². The fraction of sp³-hybridized carbons (Fsp3) is 0.583. The van der Waals surface area contributed by atoms with Gasteiger partial charge in [0, 0.05) is 19.5 Å². The van der Waals surface area contributed by atoms with E-state index < -0.39 is 5.97 Å². The Bertz CT molecular complexity index is 481. The van der Waals surface area contributed by atoms with Gasteiger partial charge in [0.05, 0.1) is 18.4 Å². The van der Waals surface area contributed by atoms with Crippen LogP contribution in [0.4, 0.5) is 0 Å². The van der Waals surface area contributed by atoms with Gasteiger partial charge in [-0.15, -0.1) is 0 Å². The molecule has 0 aliphatic carbocycles. The molecule has 1 N–H and O–H groups in total. The average Bonchev–Trinajstić information content (AvgIpc) is 2.67. The first-order chi connectivity index (χ1) is 8.50. The van der Waals surface area contributed by atoms with E-state index in [2.05, 4.69) is 5.10 Å². The highest BCUT2D eigenvalue weighted by Crippen LogP contribution is 2.20. The number of carbonyl (C=O) groups is 2. The molecule has 1 fully saturated rings. The molecule has 0 saturated carbocycles. The number of hydrogen-bond acceptors (Lipinski definition) is 3. The fourth-order valence-corrected chi connectivity index (χ4v) is 2.30. The second-order valence-corrected chi connectivity index (χ2v) is 4.74. The number of carboxylic acid groups (broad SMARTS) is 1. The van der Waals surface area contributed by atoms with E-state index in [0.29, 0.717) is 18.8 Å². The Morgan fingerprint density at radius 2 is 2.33 bits per heavy atom. The average molecular weight is 251 g/mol. The Morgan fingerprint density at radius 3 is 3.00 bits per heavy atom. The van der Waals surface area contributed by atoms with Gasteiger partial charge in [0.2, 0.25) is 5.91 Å². The van der Waals surface area contributed by atoms with Gasteiger partial charge >= 0.3 is 5.97 Å². The summed E-state index contributed by atoms with van der Waals surface area (Å²) in [6.07, 6.45) is 3.20. The lowest BCUT2D eigenvalue weighted by atomic mass is 9.99. The van der Waals surface area contributed by atoms with Crippen molar-refractivity contribution in [2.75, 3.05) is 6.54 Å². The Kier molecular flexibility index (Phi) is 3.36. The summed E-state index contributed by atoms with van der Waals surface area (Å²) in [6, 6.07) is 0. The van der Waals surface area contributed by atoms with E-state index in [1.807, 2.05) is 6.92 Å². The normalized spacial score (nSPS) is 20.2. The molecule has 1 aromatic heterocycles. The highest BCUT2D eigenvalue weighted by atomic mass is 16.4. The lowest BCUT2D eigenvalue weighted by Crippen LogP contribution is -2.40. The highest BCUT2D eigenvalue weighted by molar-refractivity contribution is 5.89. The van der Waals surface area contributed by atoms with Crippen LogP contribution < -0.4 is 0 Å². The van der Waals surface area contributed by atoms with Gasteiger partial charge in [-0.3, -0.25) is 9.48 Å². The number of rotatable bonds is 3. The van der Waals surface area contributed by atoms with Crippen LogP contribution >= 0.6 is 0 Å². The summed E-state index contributed by atoms with van der Waals surface area (Å²) < 4.78 is 1.52. The number of hydrogen-bond donors (Lipinski definition) is 1. The molecule has 18 heavy (non-hydrogen) atoms. The summed E-state index contributed by atoms with van der Waals surface area (Å²) in [5, 5.41) is 13.0. The van der Waals surface area contributed by atoms with Crippen molar-refractivity contribution in [1.82, 2.24) is 14.7 Å². The highest BCUT2D eigenvalue weighted by Gasteiger charge is 2.27. The molecule has 2 rings (SSSR count). The number of piperidine rings is 1. The van der Waals surface area contributed by atoms with E-state index in [9.17, 15) is 9.59 Å². The molecule has 1 atom stereocenters. The lowest BCUT2D eigenvalue weighted by Gasteiger charge is -2.30. The van der Waals surface area contributed by atoms with Crippen LogP contribution in [0.1, 0.15) is 35.8 Å². The Hall–Kier alpha value is -1.85. The first kappa shape index (κ1) is 12.6. The molecule has 0 radical (unpaired) electrons. The smallest absolute Gasteiger partial charge is 0.339 e. The number of carboxylic acids is 1. The topological polar surface area (TPSA) is 75.4 Å². The summed E-state index contributed by atoms with van der Waals surface area (Å²) >= 11 is 0. The maximum absolute atomic E-state index is 12.0. The van der Waals surface area contributed by atoms with Crippen LogP contribution in [0.25, 0.3) is 0 Å². The Labute approximate surface area is 105 Å². The number of carbonyl (C=O) groups excluding carboxylic acids is 1. The molecule has 1 aliphatic rings. The first-order valence-corrected chi connectivity index (χ1v) is 6.03. The third-order valence-corrected chi connectivity index (χ3v) is 3.43. The summed E-state index contributed by atoms with van der Waals surface area (Å²) in [7, 11) is 1.69. The molecule has 1 saturated heterocycles. The van der Waals surface area contributed by atoms with Crippen molar-refractivity contribution in [2.24, 2.45) is 13.0 Å². The van der Waals surface area contributed by atoms with Crippen LogP contribution in [-0.2, 0) is 18.4 Å². The van der Waals surface area contributed by atoms with Gasteiger partial charge in [-0.25, -0.2) is 4.79 Å². The van der Waals surface area contributed by atoms with E-state index in [1.54, 1.807) is 11.9 Å². The van der Waals surface area contributed by atoms with Crippen LogP contribution in [0.5, 0.6) is 0 Å². The molecule has 98 valence electrons. The van der Waals surface area contributed by atoms with Crippen molar-refractivity contribution in [3.05, 3.63) is 17.5 Å². The third-order valence-electron chi connectivity index (χ3n) is 3.43. The van der Waals surface area contributed by atoms with Gasteiger partial charge in [0.25, 0.3) is 0 Å². The monoisotopic (exact) mass is 251 g/mol. The van der Waals surface area contributed by atoms with Crippen molar-refractivity contribution in [3.8, 4) is 0 Å². The van der Waals surface area contributed by atoms with Gasteiger partial charge in [-0.05, 0) is 12.8 Å². The molecule has 6 nitrogen and oxygen atoms in total. The summed E-state index contributed by atoms with van der Waals surface area (Å²) in [4.78, 5) is 24.8.